The zero-order chi connectivity index (χ0) is 15.1. The molecule has 2 aliphatic rings. The summed E-state index contributed by atoms with van der Waals surface area (Å²) in [6.45, 7) is 4.96. The van der Waals surface area contributed by atoms with Gasteiger partial charge in [0.25, 0.3) is 0 Å². The molecule has 3 N–H and O–H groups in total. The molecule has 1 aromatic carbocycles. The van der Waals surface area contributed by atoms with Gasteiger partial charge in [-0.3, -0.25) is 4.79 Å². The van der Waals surface area contributed by atoms with Crippen molar-refractivity contribution in [1.29, 1.82) is 0 Å². The molecule has 4 rings (SSSR count). The van der Waals surface area contributed by atoms with Crippen molar-refractivity contribution in [3.63, 3.8) is 0 Å². The van der Waals surface area contributed by atoms with Gasteiger partial charge in [0, 0.05) is 42.1 Å². The van der Waals surface area contributed by atoms with Crippen LogP contribution in [0.3, 0.4) is 0 Å². The average Bonchev–Trinajstić information content (AvgIpc) is 2.97. The summed E-state index contributed by atoms with van der Waals surface area (Å²) >= 11 is 0. The van der Waals surface area contributed by atoms with E-state index in [9.17, 15) is 4.79 Å². The minimum Gasteiger partial charge on any atom is -0.361 e. The Kier molecular flexibility index (Phi) is 3.26. The lowest BCUT2D eigenvalue weighted by atomic mass is 9.73. The number of benzene rings is 1. The fraction of sp³-hybridized carbons (Fsp3) is 0.389. The first-order valence-corrected chi connectivity index (χ1v) is 7.99. The van der Waals surface area contributed by atoms with Gasteiger partial charge in [-0.2, -0.15) is 0 Å². The molecular weight excluding hydrogens is 274 g/mol. The molecule has 0 spiro atoms. The highest BCUT2D eigenvalue weighted by atomic mass is 16.1. The van der Waals surface area contributed by atoms with Crippen LogP contribution in [0.4, 0.5) is 0 Å². The standard InChI is InChI=1S/C18H21N3O/c1-2-6-19-18(22)12-7-14-13-4-3-5-15-17(13)11(9-20-15)8-16(14)21-10-12/h2-5,9,12,14,16,20-21H,1,6-8,10H2,(H,19,22)/t12?,14?,16-/m1/s1. The van der Waals surface area contributed by atoms with Crippen LogP contribution in [0.25, 0.3) is 10.9 Å². The van der Waals surface area contributed by atoms with E-state index in [1.807, 2.05) is 0 Å². The van der Waals surface area contributed by atoms with Crippen molar-refractivity contribution in [1.82, 2.24) is 15.6 Å². The Labute approximate surface area is 130 Å². The highest BCUT2D eigenvalue weighted by molar-refractivity contribution is 5.88. The van der Waals surface area contributed by atoms with Crippen LogP contribution < -0.4 is 10.6 Å². The maximum absolute atomic E-state index is 12.3. The van der Waals surface area contributed by atoms with Gasteiger partial charge in [0.2, 0.25) is 5.91 Å². The highest BCUT2D eigenvalue weighted by Gasteiger charge is 2.38. The predicted octanol–water partition coefficient (Wildman–Crippen LogP) is 2.09. The van der Waals surface area contributed by atoms with Gasteiger partial charge < -0.3 is 15.6 Å². The van der Waals surface area contributed by atoms with Crippen LogP contribution >= 0.6 is 0 Å². The van der Waals surface area contributed by atoms with E-state index < -0.39 is 0 Å². The molecule has 1 saturated heterocycles. The second-order valence-electron chi connectivity index (χ2n) is 6.38. The van der Waals surface area contributed by atoms with Crippen molar-refractivity contribution < 1.29 is 4.79 Å². The third-order valence-corrected chi connectivity index (χ3v) is 5.10. The van der Waals surface area contributed by atoms with Gasteiger partial charge in [-0.05, 0) is 30.0 Å². The number of rotatable bonds is 3. The molecule has 1 aromatic heterocycles. The zero-order valence-electron chi connectivity index (χ0n) is 12.6. The van der Waals surface area contributed by atoms with Gasteiger partial charge in [-0.1, -0.05) is 18.2 Å². The summed E-state index contributed by atoms with van der Waals surface area (Å²) in [7, 11) is 0. The van der Waals surface area contributed by atoms with E-state index in [0.29, 0.717) is 18.5 Å². The zero-order valence-corrected chi connectivity index (χ0v) is 12.6. The predicted molar refractivity (Wildman–Crippen MR) is 87.8 cm³/mol. The summed E-state index contributed by atoms with van der Waals surface area (Å²) in [5.74, 6) is 0.593. The fourth-order valence-corrected chi connectivity index (χ4v) is 4.06. The quantitative estimate of drug-likeness (QED) is 0.759. The fourth-order valence-electron chi connectivity index (χ4n) is 4.06. The molecule has 0 radical (unpaired) electrons. The first-order chi connectivity index (χ1) is 10.8. The molecule has 2 heterocycles. The number of aromatic nitrogens is 1. The van der Waals surface area contributed by atoms with Crippen LogP contribution in [-0.2, 0) is 11.2 Å². The van der Waals surface area contributed by atoms with Crippen LogP contribution in [0.2, 0.25) is 0 Å². The van der Waals surface area contributed by atoms with E-state index in [4.69, 9.17) is 0 Å². The van der Waals surface area contributed by atoms with Crippen molar-refractivity contribution >= 4 is 16.8 Å². The monoisotopic (exact) mass is 295 g/mol. The maximum atomic E-state index is 12.3. The van der Waals surface area contributed by atoms with E-state index in [0.717, 1.165) is 19.4 Å². The average molecular weight is 295 g/mol. The van der Waals surface area contributed by atoms with E-state index in [2.05, 4.69) is 46.6 Å². The largest absolute Gasteiger partial charge is 0.361 e. The number of piperidine rings is 1. The van der Waals surface area contributed by atoms with E-state index in [-0.39, 0.29) is 11.8 Å². The summed E-state index contributed by atoms with van der Waals surface area (Å²) < 4.78 is 0. The number of carbonyl (C=O) groups is 1. The second kappa shape index (κ2) is 5.29. The van der Waals surface area contributed by atoms with Crippen LogP contribution in [0, 0.1) is 5.92 Å². The number of amides is 1. The van der Waals surface area contributed by atoms with E-state index in [1.165, 1.54) is 22.0 Å². The van der Waals surface area contributed by atoms with Crippen LogP contribution in [0.15, 0.2) is 37.1 Å². The van der Waals surface area contributed by atoms with Crippen LogP contribution in [-0.4, -0.2) is 30.0 Å². The summed E-state index contributed by atoms with van der Waals surface area (Å²) in [5.41, 5.74) is 4.00. The third-order valence-electron chi connectivity index (χ3n) is 5.10. The topological polar surface area (TPSA) is 56.9 Å². The number of hydrogen-bond acceptors (Lipinski definition) is 2. The minimum atomic E-state index is 0.0388. The first kappa shape index (κ1) is 13.6. The summed E-state index contributed by atoms with van der Waals surface area (Å²) in [5, 5.41) is 7.91. The number of aromatic amines is 1. The van der Waals surface area contributed by atoms with Gasteiger partial charge in [0.1, 0.15) is 0 Å². The van der Waals surface area contributed by atoms with E-state index >= 15 is 0 Å². The Balaban J connectivity index is 1.64. The molecule has 114 valence electrons. The van der Waals surface area contributed by atoms with Gasteiger partial charge in [0.05, 0.1) is 5.92 Å². The number of H-pyrrole nitrogens is 1. The molecule has 4 nitrogen and oxygen atoms in total. The minimum absolute atomic E-state index is 0.0388. The SMILES string of the molecule is C=CCNC(=O)C1CN[C@@H]2Cc3c[nH]c4cccc(c34)C2C1. The molecule has 0 saturated carbocycles. The van der Waals surface area contributed by atoms with Gasteiger partial charge in [0.15, 0.2) is 0 Å². The molecule has 2 aromatic rings. The highest BCUT2D eigenvalue weighted by Crippen LogP contribution is 2.41. The van der Waals surface area contributed by atoms with Crippen molar-refractivity contribution in [2.75, 3.05) is 13.1 Å². The lowest BCUT2D eigenvalue weighted by Crippen LogP contribution is -2.50. The summed E-state index contributed by atoms with van der Waals surface area (Å²) in [6, 6.07) is 6.91. The Hall–Kier alpha value is -2.07. The second-order valence-corrected chi connectivity index (χ2v) is 6.38. The Bertz CT molecular complexity index is 733. The molecule has 1 amide bonds. The summed E-state index contributed by atoms with van der Waals surface area (Å²) in [4.78, 5) is 15.6. The third kappa shape index (κ3) is 2.06. The van der Waals surface area contributed by atoms with E-state index in [1.54, 1.807) is 6.08 Å². The van der Waals surface area contributed by atoms with Gasteiger partial charge in [-0.15, -0.1) is 6.58 Å². The maximum Gasteiger partial charge on any atom is 0.224 e. The number of fused-ring (bicyclic) bond motifs is 2. The molecule has 22 heavy (non-hydrogen) atoms. The lowest BCUT2D eigenvalue weighted by Gasteiger charge is -2.39. The molecular formula is C18H21N3O. The molecule has 1 fully saturated rings. The van der Waals surface area contributed by atoms with Crippen LogP contribution in [0.5, 0.6) is 0 Å². The first-order valence-electron chi connectivity index (χ1n) is 7.99. The van der Waals surface area contributed by atoms with Crippen molar-refractivity contribution in [2.24, 2.45) is 5.92 Å². The Morgan fingerprint density at radius 1 is 1.45 bits per heavy atom. The van der Waals surface area contributed by atoms with Crippen molar-refractivity contribution in [3.8, 4) is 0 Å². The Morgan fingerprint density at radius 3 is 3.23 bits per heavy atom. The lowest BCUT2D eigenvalue weighted by molar-refractivity contribution is -0.125. The normalized spacial score (nSPS) is 26.5. The molecule has 2 unspecified atom stereocenters. The molecule has 1 aliphatic heterocycles. The number of nitrogens with one attached hydrogen (secondary N) is 3. The van der Waals surface area contributed by atoms with Crippen molar-refractivity contribution in [3.05, 3.63) is 48.2 Å². The molecule has 4 heteroatoms. The molecule has 3 atom stereocenters. The van der Waals surface area contributed by atoms with Gasteiger partial charge >= 0.3 is 0 Å². The smallest absolute Gasteiger partial charge is 0.224 e. The Morgan fingerprint density at radius 2 is 2.36 bits per heavy atom. The molecule has 1 aliphatic carbocycles. The number of carbonyl (C=O) groups excluding carboxylic acids is 1. The molecule has 0 bridgehead atoms. The summed E-state index contributed by atoms with van der Waals surface area (Å²) in [6.07, 6.45) is 5.83. The van der Waals surface area contributed by atoms with Gasteiger partial charge in [-0.25, -0.2) is 0 Å². The van der Waals surface area contributed by atoms with Crippen molar-refractivity contribution in [2.45, 2.75) is 24.8 Å². The van der Waals surface area contributed by atoms with Crippen LogP contribution in [0.1, 0.15) is 23.5 Å². The number of hydrogen-bond donors (Lipinski definition) is 3.